The minimum Gasteiger partial charge on any atom is -0.492 e. The van der Waals surface area contributed by atoms with Crippen molar-refractivity contribution in [2.24, 2.45) is 0 Å². The number of benzene rings is 1. The number of halogens is 1. The molecular formula is C14H12ClNO2. The van der Waals surface area contributed by atoms with Crippen molar-refractivity contribution in [3.05, 3.63) is 52.7 Å². The van der Waals surface area contributed by atoms with E-state index in [4.69, 9.17) is 21.1 Å². The summed E-state index contributed by atoms with van der Waals surface area (Å²) in [5.41, 5.74) is 2.09. The van der Waals surface area contributed by atoms with Gasteiger partial charge in [0.15, 0.2) is 0 Å². The monoisotopic (exact) mass is 261 g/mol. The van der Waals surface area contributed by atoms with E-state index in [2.05, 4.69) is 4.98 Å². The number of hydrogen-bond donors (Lipinski definition) is 0. The van der Waals surface area contributed by atoms with E-state index in [0.29, 0.717) is 19.1 Å². The van der Waals surface area contributed by atoms with E-state index in [9.17, 15) is 0 Å². The molecule has 18 heavy (non-hydrogen) atoms. The fourth-order valence-electron chi connectivity index (χ4n) is 2.02. The molecule has 0 bridgehead atoms. The van der Waals surface area contributed by atoms with Gasteiger partial charge in [-0.05, 0) is 12.1 Å². The molecule has 0 fully saturated rings. The highest BCUT2D eigenvalue weighted by Crippen LogP contribution is 2.35. The Hall–Kier alpha value is -1.74. The molecule has 0 N–H and O–H groups in total. The van der Waals surface area contributed by atoms with E-state index in [1.165, 1.54) is 0 Å². The third-order valence-electron chi connectivity index (χ3n) is 2.90. The molecule has 0 spiro atoms. The molecule has 1 aromatic carbocycles. The molecule has 2 heterocycles. The van der Waals surface area contributed by atoms with Crippen LogP contribution in [0.3, 0.4) is 0 Å². The van der Waals surface area contributed by atoms with Gasteiger partial charge in [-0.25, -0.2) is 4.98 Å². The summed E-state index contributed by atoms with van der Waals surface area (Å²) in [6, 6.07) is 9.42. The van der Waals surface area contributed by atoms with Gasteiger partial charge in [0.05, 0.1) is 6.61 Å². The first-order valence-corrected chi connectivity index (χ1v) is 6.19. The number of ether oxygens (including phenoxy) is 2. The lowest BCUT2D eigenvalue weighted by Gasteiger charge is -2.10. The van der Waals surface area contributed by atoms with E-state index in [1.807, 2.05) is 30.3 Å². The van der Waals surface area contributed by atoms with Crippen LogP contribution in [-0.4, -0.2) is 11.6 Å². The van der Waals surface area contributed by atoms with Crippen LogP contribution in [0, 0.1) is 0 Å². The average molecular weight is 262 g/mol. The van der Waals surface area contributed by atoms with Crippen molar-refractivity contribution in [3.8, 4) is 11.6 Å². The molecule has 0 amide bonds. The Morgan fingerprint density at radius 2 is 2.22 bits per heavy atom. The van der Waals surface area contributed by atoms with Crippen LogP contribution in [0.1, 0.15) is 11.1 Å². The normalized spacial score (nSPS) is 12.9. The van der Waals surface area contributed by atoms with Crippen LogP contribution in [0.2, 0.25) is 5.02 Å². The zero-order valence-electron chi connectivity index (χ0n) is 9.73. The van der Waals surface area contributed by atoms with Crippen LogP contribution in [0.4, 0.5) is 0 Å². The van der Waals surface area contributed by atoms with Crippen molar-refractivity contribution in [3.63, 3.8) is 0 Å². The smallest absolute Gasteiger partial charge is 0.213 e. The zero-order valence-corrected chi connectivity index (χ0v) is 10.5. The quantitative estimate of drug-likeness (QED) is 0.850. The number of fused-ring (bicyclic) bond motifs is 1. The SMILES string of the molecule is Clc1ccc(COc2ccccn2)c2c1CCO2. The van der Waals surface area contributed by atoms with Crippen LogP contribution in [0.15, 0.2) is 36.5 Å². The lowest BCUT2D eigenvalue weighted by Crippen LogP contribution is -1.99. The Labute approximate surface area is 110 Å². The predicted molar refractivity (Wildman–Crippen MR) is 69.2 cm³/mol. The minimum absolute atomic E-state index is 0.441. The van der Waals surface area contributed by atoms with Crippen LogP contribution >= 0.6 is 11.6 Å². The van der Waals surface area contributed by atoms with Gasteiger partial charge in [0.1, 0.15) is 12.4 Å². The summed E-state index contributed by atoms with van der Waals surface area (Å²) in [5.74, 6) is 1.48. The molecule has 0 unspecified atom stereocenters. The maximum absolute atomic E-state index is 6.13. The van der Waals surface area contributed by atoms with Crippen molar-refractivity contribution in [1.82, 2.24) is 4.98 Å². The molecule has 3 nitrogen and oxygen atoms in total. The van der Waals surface area contributed by atoms with E-state index in [-0.39, 0.29) is 0 Å². The van der Waals surface area contributed by atoms with Gasteiger partial charge in [-0.2, -0.15) is 0 Å². The van der Waals surface area contributed by atoms with Crippen molar-refractivity contribution >= 4 is 11.6 Å². The standard InChI is InChI=1S/C14H12ClNO2/c15-12-5-4-10(14-11(12)6-8-17-14)9-18-13-3-1-2-7-16-13/h1-5,7H,6,8-9H2. The van der Waals surface area contributed by atoms with Crippen molar-refractivity contribution < 1.29 is 9.47 Å². The van der Waals surface area contributed by atoms with Gasteiger partial charge >= 0.3 is 0 Å². The first-order chi connectivity index (χ1) is 8.84. The molecule has 0 aliphatic carbocycles. The highest BCUT2D eigenvalue weighted by atomic mass is 35.5. The molecular weight excluding hydrogens is 250 g/mol. The number of pyridine rings is 1. The van der Waals surface area contributed by atoms with Crippen molar-refractivity contribution in [2.75, 3.05) is 6.61 Å². The molecule has 2 aromatic rings. The second kappa shape index (κ2) is 4.86. The highest BCUT2D eigenvalue weighted by Gasteiger charge is 2.19. The third-order valence-corrected chi connectivity index (χ3v) is 3.25. The summed E-state index contributed by atoms with van der Waals surface area (Å²) in [5, 5.41) is 0.768. The fraction of sp³-hybridized carbons (Fsp3) is 0.214. The van der Waals surface area contributed by atoms with Gasteiger partial charge < -0.3 is 9.47 Å². The Kier molecular flexibility index (Phi) is 3.07. The molecule has 0 saturated heterocycles. The van der Waals surface area contributed by atoms with Crippen molar-refractivity contribution in [2.45, 2.75) is 13.0 Å². The van der Waals surface area contributed by atoms with Crippen LogP contribution in [0.5, 0.6) is 11.6 Å². The van der Waals surface area contributed by atoms with Crippen LogP contribution < -0.4 is 9.47 Å². The third kappa shape index (κ3) is 2.14. The molecule has 1 aromatic heterocycles. The van der Waals surface area contributed by atoms with E-state index in [1.54, 1.807) is 6.20 Å². The Morgan fingerprint density at radius 3 is 3.06 bits per heavy atom. The predicted octanol–water partition coefficient (Wildman–Crippen LogP) is 3.25. The molecule has 0 saturated carbocycles. The number of rotatable bonds is 3. The summed E-state index contributed by atoms with van der Waals surface area (Å²) in [6.07, 6.45) is 2.57. The first kappa shape index (κ1) is 11.4. The summed E-state index contributed by atoms with van der Waals surface area (Å²) >= 11 is 6.13. The largest absolute Gasteiger partial charge is 0.492 e. The average Bonchev–Trinajstić information content (AvgIpc) is 2.90. The summed E-state index contributed by atoms with van der Waals surface area (Å²) in [4.78, 5) is 4.12. The van der Waals surface area contributed by atoms with Crippen LogP contribution in [0.25, 0.3) is 0 Å². The van der Waals surface area contributed by atoms with Gasteiger partial charge in [0, 0.05) is 34.8 Å². The highest BCUT2D eigenvalue weighted by molar-refractivity contribution is 6.31. The molecule has 92 valence electrons. The van der Waals surface area contributed by atoms with E-state index in [0.717, 1.165) is 28.3 Å². The molecule has 4 heteroatoms. The minimum atomic E-state index is 0.441. The van der Waals surface area contributed by atoms with E-state index >= 15 is 0 Å². The van der Waals surface area contributed by atoms with Crippen LogP contribution in [-0.2, 0) is 13.0 Å². The van der Waals surface area contributed by atoms with Crippen molar-refractivity contribution in [1.29, 1.82) is 0 Å². The zero-order chi connectivity index (χ0) is 12.4. The second-order valence-electron chi connectivity index (χ2n) is 4.07. The Bertz CT molecular complexity index is 557. The maximum Gasteiger partial charge on any atom is 0.213 e. The maximum atomic E-state index is 6.13. The van der Waals surface area contributed by atoms with E-state index < -0.39 is 0 Å². The Balaban J connectivity index is 1.80. The molecule has 1 aliphatic heterocycles. The van der Waals surface area contributed by atoms with Gasteiger partial charge in [0.25, 0.3) is 0 Å². The van der Waals surface area contributed by atoms with Gasteiger partial charge in [-0.3, -0.25) is 0 Å². The summed E-state index contributed by atoms with van der Waals surface area (Å²) < 4.78 is 11.2. The topological polar surface area (TPSA) is 31.4 Å². The van der Waals surface area contributed by atoms with Gasteiger partial charge in [0.2, 0.25) is 5.88 Å². The second-order valence-corrected chi connectivity index (χ2v) is 4.48. The molecule has 0 atom stereocenters. The fourth-order valence-corrected chi connectivity index (χ4v) is 2.26. The summed E-state index contributed by atoms with van der Waals surface area (Å²) in [6.45, 7) is 1.13. The molecule has 1 aliphatic rings. The summed E-state index contributed by atoms with van der Waals surface area (Å²) in [7, 11) is 0. The van der Waals surface area contributed by atoms with Gasteiger partial charge in [-0.1, -0.05) is 23.7 Å². The lowest BCUT2D eigenvalue weighted by atomic mass is 10.1. The Morgan fingerprint density at radius 1 is 1.28 bits per heavy atom. The first-order valence-electron chi connectivity index (χ1n) is 5.81. The lowest BCUT2D eigenvalue weighted by molar-refractivity contribution is 0.282. The van der Waals surface area contributed by atoms with Gasteiger partial charge in [-0.15, -0.1) is 0 Å². The number of hydrogen-bond acceptors (Lipinski definition) is 3. The number of aromatic nitrogens is 1. The number of nitrogens with zero attached hydrogens (tertiary/aromatic N) is 1. The molecule has 3 rings (SSSR count). The molecule has 0 radical (unpaired) electrons.